The molecule has 0 spiro atoms. The van der Waals surface area contributed by atoms with Gasteiger partial charge in [-0.25, -0.2) is 17.8 Å². The predicted molar refractivity (Wildman–Crippen MR) is 101 cm³/mol. The third kappa shape index (κ3) is 4.37. The SMILES string of the molecule is CCc1ccc(S(=O)(=O)Nc2ccc(Nc3cccc(F)c3)nc2)cc1. The Morgan fingerprint density at radius 3 is 2.38 bits per heavy atom. The first-order chi connectivity index (χ1) is 12.5. The van der Waals surface area contributed by atoms with Gasteiger partial charge in [0.25, 0.3) is 10.0 Å². The fraction of sp³-hybridized carbons (Fsp3) is 0.105. The first kappa shape index (κ1) is 17.9. The van der Waals surface area contributed by atoms with E-state index in [9.17, 15) is 12.8 Å². The van der Waals surface area contributed by atoms with Crippen molar-refractivity contribution in [3.63, 3.8) is 0 Å². The van der Waals surface area contributed by atoms with E-state index in [1.165, 1.54) is 18.3 Å². The van der Waals surface area contributed by atoms with Crippen molar-refractivity contribution in [3.8, 4) is 0 Å². The average Bonchev–Trinajstić information content (AvgIpc) is 2.63. The summed E-state index contributed by atoms with van der Waals surface area (Å²) < 4.78 is 40.5. The summed E-state index contributed by atoms with van der Waals surface area (Å²) in [6.07, 6.45) is 2.25. The van der Waals surface area contributed by atoms with Crippen molar-refractivity contribution in [1.29, 1.82) is 0 Å². The van der Waals surface area contributed by atoms with E-state index in [2.05, 4.69) is 15.0 Å². The normalized spacial score (nSPS) is 11.2. The summed E-state index contributed by atoms with van der Waals surface area (Å²) in [5.74, 6) is 0.124. The maximum absolute atomic E-state index is 13.2. The molecule has 0 fully saturated rings. The Hall–Kier alpha value is -2.93. The maximum atomic E-state index is 13.2. The van der Waals surface area contributed by atoms with Crippen LogP contribution < -0.4 is 10.0 Å². The largest absolute Gasteiger partial charge is 0.340 e. The van der Waals surface area contributed by atoms with Crippen LogP contribution in [0.4, 0.5) is 21.6 Å². The molecule has 2 aromatic carbocycles. The number of anilines is 3. The molecule has 3 rings (SSSR count). The van der Waals surface area contributed by atoms with Crippen LogP contribution in [0.3, 0.4) is 0 Å². The number of aromatic nitrogens is 1. The number of benzene rings is 2. The van der Waals surface area contributed by atoms with Crippen LogP contribution in [0.25, 0.3) is 0 Å². The van der Waals surface area contributed by atoms with E-state index in [0.29, 0.717) is 17.2 Å². The van der Waals surface area contributed by atoms with Crippen LogP contribution in [0.1, 0.15) is 12.5 Å². The van der Waals surface area contributed by atoms with Gasteiger partial charge in [0, 0.05) is 5.69 Å². The summed E-state index contributed by atoms with van der Waals surface area (Å²) in [6, 6.07) is 15.9. The molecule has 0 aliphatic carbocycles. The molecule has 5 nitrogen and oxygen atoms in total. The number of sulfonamides is 1. The van der Waals surface area contributed by atoms with E-state index in [4.69, 9.17) is 0 Å². The minimum absolute atomic E-state index is 0.191. The van der Waals surface area contributed by atoms with Crippen LogP contribution in [0.5, 0.6) is 0 Å². The lowest BCUT2D eigenvalue weighted by molar-refractivity contribution is 0.601. The number of halogens is 1. The van der Waals surface area contributed by atoms with Crippen molar-refractivity contribution >= 4 is 27.2 Å². The van der Waals surface area contributed by atoms with Gasteiger partial charge in [-0.1, -0.05) is 25.1 Å². The van der Waals surface area contributed by atoms with Gasteiger partial charge in [0.05, 0.1) is 16.8 Å². The Balaban J connectivity index is 1.71. The second-order valence-corrected chi connectivity index (χ2v) is 7.35. The molecule has 2 N–H and O–H groups in total. The van der Waals surface area contributed by atoms with Crippen molar-refractivity contribution in [3.05, 3.63) is 78.2 Å². The van der Waals surface area contributed by atoms with Crippen molar-refractivity contribution in [2.45, 2.75) is 18.2 Å². The molecule has 0 aliphatic heterocycles. The smallest absolute Gasteiger partial charge is 0.261 e. The molecule has 134 valence electrons. The quantitative estimate of drug-likeness (QED) is 0.677. The number of aryl methyl sites for hydroxylation is 1. The second kappa shape index (κ2) is 7.53. The van der Waals surface area contributed by atoms with Gasteiger partial charge in [0.1, 0.15) is 11.6 Å². The standard InChI is InChI=1S/C19H18FN3O2S/c1-2-14-6-9-18(10-7-14)26(24,25)23-17-8-11-19(21-13-17)22-16-5-3-4-15(20)12-16/h3-13,23H,2H2,1H3,(H,21,22). The highest BCUT2D eigenvalue weighted by atomic mass is 32.2. The monoisotopic (exact) mass is 371 g/mol. The van der Waals surface area contributed by atoms with E-state index >= 15 is 0 Å². The third-order valence-electron chi connectivity index (χ3n) is 3.75. The van der Waals surface area contributed by atoms with Crippen LogP contribution in [0.15, 0.2) is 71.8 Å². The van der Waals surface area contributed by atoms with Gasteiger partial charge in [0.2, 0.25) is 0 Å². The lowest BCUT2D eigenvalue weighted by Gasteiger charge is -2.10. The molecular formula is C19H18FN3O2S. The van der Waals surface area contributed by atoms with Crippen molar-refractivity contribution in [2.24, 2.45) is 0 Å². The zero-order valence-corrected chi connectivity index (χ0v) is 14.9. The summed E-state index contributed by atoms with van der Waals surface area (Å²) in [5, 5.41) is 2.95. The Kier molecular flexibility index (Phi) is 5.18. The van der Waals surface area contributed by atoms with E-state index in [1.54, 1.807) is 48.5 Å². The van der Waals surface area contributed by atoms with Gasteiger partial charge >= 0.3 is 0 Å². The van der Waals surface area contributed by atoms with Crippen LogP contribution in [0, 0.1) is 5.82 Å². The fourth-order valence-corrected chi connectivity index (χ4v) is 3.40. The number of hydrogen-bond acceptors (Lipinski definition) is 4. The van der Waals surface area contributed by atoms with Crippen molar-refractivity contribution in [2.75, 3.05) is 10.0 Å². The van der Waals surface area contributed by atoms with Gasteiger partial charge in [0.15, 0.2) is 0 Å². The van der Waals surface area contributed by atoms with Gasteiger partial charge in [-0.05, 0) is 54.4 Å². The first-order valence-corrected chi connectivity index (χ1v) is 9.55. The zero-order valence-electron chi connectivity index (χ0n) is 14.1. The summed E-state index contributed by atoms with van der Waals surface area (Å²) in [4.78, 5) is 4.34. The van der Waals surface area contributed by atoms with Crippen LogP contribution >= 0.6 is 0 Å². The predicted octanol–water partition coefficient (Wildman–Crippen LogP) is 4.33. The highest BCUT2D eigenvalue weighted by molar-refractivity contribution is 7.92. The molecule has 7 heteroatoms. The number of pyridine rings is 1. The molecule has 0 radical (unpaired) electrons. The molecule has 3 aromatic rings. The summed E-state index contributed by atoms with van der Waals surface area (Å²) in [7, 11) is -3.68. The number of rotatable bonds is 6. The third-order valence-corrected chi connectivity index (χ3v) is 5.15. The summed E-state index contributed by atoms with van der Waals surface area (Å²) >= 11 is 0. The molecule has 0 saturated carbocycles. The van der Waals surface area contributed by atoms with E-state index in [0.717, 1.165) is 12.0 Å². The van der Waals surface area contributed by atoms with Crippen LogP contribution in [-0.2, 0) is 16.4 Å². The maximum Gasteiger partial charge on any atom is 0.261 e. The minimum atomic E-state index is -3.68. The average molecular weight is 371 g/mol. The molecule has 1 heterocycles. The molecule has 26 heavy (non-hydrogen) atoms. The lowest BCUT2D eigenvalue weighted by atomic mass is 10.2. The van der Waals surface area contributed by atoms with Gasteiger partial charge in [-0.3, -0.25) is 4.72 Å². The highest BCUT2D eigenvalue weighted by Crippen LogP contribution is 2.19. The molecule has 0 amide bonds. The second-order valence-electron chi connectivity index (χ2n) is 5.67. The van der Waals surface area contributed by atoms with E-state index in [1.807, 2.05) is 6.92 Å². The van der Waals surface area contributed by atoms with E-state index < -0.39 is 10.0 Å². The molecule has 0 unspecified atom stereocenters. The number of nitrogens with zero attached hydrogens (tertiary/aromatic N) is 1. The fourth-order valence-electron chi connectivity index (χ4n) is 2.36. The van der Waals surface area contributed by atoms with Gasteiger partial charge < -0.3 is 5.32 Å². The number of hydrogen-bond donors (Lipinski definition) is 2. The molecule has 1 aromatic heterocycles. The molecule has 0 bridgehead atoms. The lowest BCUT2D eigenvalue weighted by Crippen LogP contribution is -2.13. The highest BCUT2D eigenvalue weighted by Gasteiger charge is 2.14. The van der Waals surface area contributed by atoms with Crippen LogP contribution in [0.2, 0.25) is 0 Å². The molecular weight excluding hydrogens is 353 g/mol. The topological polar surface area (TPSA) is 71.1 Å². The minimum Gasteiger partial charge on any atom is -0.340 e. The van der Waals surface area contributed by atoms with Gasteiger partial charge in [-0.2, -0.15) is 0 Å². The van der Waals surface area contributed by atoms with E-state index in [-0.39, 0.29) is 10.7 Å². The zero-order chi connectivity index (χ0) is 18.6. The summed E-state index contributed by atoms with van der Waals surface area (Å²) in [6.45, 7) is 2.01. The van der Waals surface area contributed by atoms with Crippen LogP contribution in [-0.4, -0.2) is 13.4 Å². The Bertz CT molecular complexity index is 988. The molecule has 0 atom stereocenters. The number of nitrogens with one attached hydrogen (secondary N) is 2. The van der Waals surface area contributed by atoms with Gasteiger partial charge in [-0.15, -0.1) is 0 Å². The van der Waals surface area contributed by atoms with Crippen molar-refractivity contribution < 1.29 is 12.8 Å². The molecule has 0 saturated heterocycles. The first-order valence-electron chi connectivity index (χ1n) is 8.07. The van der Waals surface area contributed by atoms with Crippen molar-refractivity contribution in [1.82, 2.24) is 4.98 Å². The molecule has 0 aliphatic rings. The summed E-state index contributed by atoms with van der Waals surface area (Å²) in [5.41, 5.74) is 1.97. The Morgan fingerprint density at radius 1 is 1.00 bits per heavy atom. The Morgan fingerprint density at radius 2 is 1.77 bits per heavy atom. The Labute approximate surface area is 152 Å².